The first-order valence-electron chi connectivity index (χ1n) is 7.33. The second-order valence-electron chi connectivity index (χ2n) is 6.03. The fourth-order valence-electron chi connectivity index (χ4n) is 2.34. The van der Waals surface area contributed by atoms with E-state index < -0.39 is 5.41 Å². The molecule has 1 rings (SSSR count). The predicted octanol–water partition coefficient (Wildman–Crippen LogP) is 3.62. The minimum Gasteiger partial charge on any atom is -0.469 e. The van der Waals surface area contributed by atoms with Crippen LogP contribution >= 0.6 is 0 Å². The van der Waals surface area contributed by atoms with Crippen molar-refractivity contribution in [1.29, 1.82) is 0 Å². The molecule has 0 amide bonds. The first kappa shape index (κ1) is 16.7. The van der Waals surface area contributed by atoms with Crippen molar-refractivity contribution < 1.29 is 9.53 Å². The van der Waals surface area contributed by atoms with Crippen LogP contribution in [0.1, 0.15) is 57.2 Å². The fraction of sp³-hybridized carbons (Fsp3) is 0.588. The van der Waals surface area contributed by atoms with Gasteiger partial charge >= 0.3 is 5.97 Å². The van der Waals surface area contributed by atoms with Gasteiger partial charge in [-0.3, -0.25) is 4.79 Å². The van der Waals surface area contributed by atoms with Crippen molar-refractivity contribution in [3.8, 4) is 0 Å². The average molecular weight is 277 g/mol. The van der Waals surface area contributed by atoms with Crippen LogP contribution in [0.25, 0.3) is 0 Å². The highest BCUT2D eigenvalue weighted by molar-refractivity contribution is 5.75. The summed E-state index contributed by atoms with van der Waals surface area (Å²) in [7, 11) is 1.41. The molecule has 20 heavy (non-hydrogen) atoms. The molecule has 3 nitrogen and oxygen atoms in total. The zero-order valence-electron chi connectivity index (χ0n) is 13.1. The summed E-state index contributed by atoms with van der Waals surface area (Å²) in [5, 5.41) is 0. The SMILES string of the molecule is CCCCc1ccc(C(N)CC(C)(C)C(=O)OC)cc1. The van der Waals surface area contributed by atoms with Crippen LogP contribution < -0.4 is 5.73 Å². The van der Waals surface area contributed by atoms with E-state index in [1.165, 1.54) is 25.5 Å². The molecule has 1 atom stereocenters. The third kappa shape index (κ3) is 4.64. The van der Waals surface area contributed by atoms with Gasteiger partial charge in [-0.2, -0.15) is 0 Å². The second-order valence-corrected chi connectivity index (χ2v) is 6.03. The van der Waals surface area contributed by atoms with Gasteiger partial charge in [0.1, 0.15) is 0 Å². The summed E-state index contributed by atoms with van der Waals surface area (Å²) < 4.78 is 4.82. The summed E-state index contributed by atoms with van der Waals surface area (Å²) in [5.74, 6) is -0.215. The molecule has 0 saturated heterocycles. The lowest BCUT2D eigenvalue weighted by Gasteiger charge is -2.25. The lowest BCUT2D eigenvalue weighted by Crippen LogP contribution is -2.30. The molecule has 0 heterocycles. The Kier molecular flexibility index (Phi) is 6.21. The van der Waals surface area contributed by atoms with Gasteiger partial charge in [-0.05, 0) is 44.2 Å². The molecule has 3 heteroatoms. The van der Waals surface area contributed by atoms with Crippen molar-refractivity contribution in [3.05, 3.63) is 35.4 Å². The highest BCUT2D eigenvalue weighted by atomic mass is 16.5. The van der Waals surface area contributed by atoms with Crippen LogP contribution in [-0.4, -0.2) is 13.1 Å². The highest BCUT2D eigenvalue weighted by Gasteiger charge is 2.31. The maximum absolute atomic E-state index is 11.7. The van der Waals surface area contributed by atoms with E-state index in [9.17, 15) is 4.79 Å². The van der Waals surface area contributed by atoms with E-state index in [1.807, 2.05) is 13.8 Å². The number of esters is 1. The van der Waals surface area contributed by atoms with Gasteiger partial charge in [0.2, 0.25) is 0 Å². The van der Waals surface area contributed by atoms with E-state index in [2.05, 4.69) is 31.2 Å². The first-order chi connectivity index (χ1) is 9.40. The normalized spacial score (nSPS) is 13.1. The molecule has 0 aliphatic heterocycles. The van der Waals surface area contributed by atoms with E-state index in [-0.39, 0.29) is 12.0 Å². The number of hydrogen-bond acceptors (Lipinski definition) is 3. The van der Waals surface area contributed by atoms with Crippen LogP contribution in [0.4, 0.5) is 0 Å². The molecule has 0 saturated carbocycles. The summed E-state index contributed by atoms with van der Waals surface area (Å²) in [6.45, 7) is 5.93. The summed E-state index contributed by atoms with van der Waals surface area (Å²) in [4.78, 5) is 11.7. The number of ether oxygens (including phenoxy) is 1. The zero-order valence-corrected chi connectivity index (χ0v) is 13.1. The second kappa shape index (κ2) is 7.44. The van der Waals surface area contributed by atoms with Crippen molar-refractivity contribution in [2.24, 2.45) is 11.1 Å². The molecule has 1 aromatic carbocycles. The Hall–Kier alpha value is -1.35. The van der Waals surface area contributed by atoms with Gasteiger partial charge in [0.25, 0.3) is 0 Å². The number of rotatable bonds is 7. The van der Waals surface area contributed by atoms with E-state index >= 15 is 0 Å². The van der Waals surface area contributed by atoms with E-state index in [0.29, 0.717) is 6.42 Å². The molecular formula is C17H27NO2. The molecule has 1 unspecified atom stereocenters. The molecule has 112 valence electrons. The smallest absolute Gasteiger partial charge is 0.311 e. The van der Waals surface area contributed by atoms with Crippen LogP contribution in [0.3, 0.4) is 0 Å². The minimum atomic E-state index is -0.560. The van der Waals surface area contributed by atoms with Crippen LogP contribution in [0.5, 0.6) is 0 Å². The standard InChI is InChI=1S/C17H27NO2/c1-5-6-7-13-8-10-14(11-9-13)15(18)12-17(2,3)16(19)20-4/h8-11,15H,5-7,12,18H2,1-4H3. The van der Waals surface area contributed by atoms with Gasteiger partial charge in [-0.25, -0.2) is 0 Å². The number of aryl methyl sites for hydroxylation is 1. The molecule has 0 bridgehead atoms. The van der Waals surface area contributed by atoms with Gasteiger partial charge in [0, 0.05) is 6.04 Å². The lowest BCUT2D eigenvalue weighted by molar-refractivity contribution is -0.151. The van der Waals surface area contributed by atoms with Crippen LogP contribution in [0, 0.1) is 5.41 Å². The molecule has 1 aromatic rings. The first-order valence-corrected chi connectivity index (χ1v) is 7.33. The molecule has 0 aromatic heterocycles. The van der Waals surface area contributed by atoms with E-state index in [0.717, 1.165) is 12.0 Å². The van der Waals surface area contributed by atoms with Gasteiger partial charge < -0.3 is 10.5 Å². The minimum absolute atomic E-state index is 0.149. The van der Waals surface area contributed by atoms with Gasteiger partial charge in [0.15, 0.2) is 0 Å². The molecule has 0 spiro atoms. The maximum Gasteiger partial charge on any atom is 0.311 e. The van der Waals surface area contributed by atoms with Crippen molar-refractivity contribution >= 4 is 5.97 Å². The number of unbranched alkanes of at least 4 members (excludes halogenated alkanes) is 1. The Labute approximate surface area is 122 Å². The number of nitrogens with two attached hydrogens (primary N) is 1. The lowest BCUT2D eigenvalue weighted by atomic mass is 9.83. The van der Waals surface area contributed by atoms with E-state index in [1.54, 1.807) is 0 Å². The van der Waals surface area contributed by atoms with E-state index in [4.69, 9.17) is 10.5 Å². The van der Waals surface area contributed by atoms with Crippen LogP contribution in [0.15, 0.2) is 24.3 Å². The molecule has 0 aliphatic carbocycles. The summed E-state index contributed by atoms with van der Waals surface area (Å²) in [5.41, 5.74) is 8.07. The molecule has 0 fully saturated rings. The third-order valence-electron chi connectivity index (χ3n) is 3.70. The fourth-order valence-corrected chi connectivity index (χ4v) is 2.34. The predicted molar refractivity (Wildman–Crippen MR) is 82.4 cm³/mol. The highest BCUT2D eigenvalue weighted by Crippen LogP contribution is 2.29. The molecule has 0 aliphatic rings. The Morgan fingerprint density at radius 3 is 2.40 bits per heavy atom. The van der Waals surface area contributed by atoms with Gasteiger partial charge in [0.05, 0.1) is 12.5 Å². The molecule has 2 N–H and O–H groups in total. The van der Waals surface area contributed by atoms with Crippen LogP contribution in [-0.2, 0) is 16.0 Å². The number of carbonyl (C=O) groups is 1. The number of methoxy groups -OCH3 is 1. The molecular weight excluding hydrogens is 250 g/mol. The van der Waals surface area contributed by atoms with Crippen molar-refractivity contribution in [2.45, 2.75) is 52.5 Å². The number of hydrogen-bond donors (Lipinski definition) is 1. The van der Waals surface area contributed by atoms with Crippen molar-refractivity contribution in [3.63, 3.8) is 0 Å². The van der Waals surface area contributed by atoms with Crippen LogP contribution in [0.2, 0.25) is 0 Å². The van der Waals surface area contributed by atoms with Gasteiger partial charge in [-0.1, -0.05) is 37.6 Å². The number of carbonyl (C=O) groups excluding carboxylic acids is 1. The van der Waals surface area contributed by atoms with Crippen molar-refractivity contribution in [1.82, 2.24) is 0 Å². The quantitative estimate of drug-likeness (QED) is 0.774. The summed E-state index contributed by atoms with van der Waals surface area (Å²) in [6.07, 6.45) is 4.10. The topological polar surface area (TPSA) is 52.3 Å². The third-order valence-corrected chi connectivity index (χ3v) is 3.70. The average Bonchev–Trinajstić information content (AvgIpc) is 2.44. The molecule has 0 radical (unpaired) electrons. The largest absolute Gasteiger partial charge is 0.469 e. The van der Waals surface area contributed by atoms with Crippen molar-refractivity contribution in [2.75, 3.05) is 7.11 Å². The zero-order chi connectivity index (χ0) is 15.2. The number of benzene rings is 1. The maximum atomic E-state index is 11.7. The summed E-state index contributed by atoms with van der Waals surface area (Å²) >= 11 is 0. The van der Waals surface area contributed by atoms with Gasteiger partial charge in [-0.15, -0.1) is 0 Å². The Balaban J connectivity index is 2.68. The monoisotopic (exact) mass is 277 g/mol. The summed E-state index contributed by atoms with van der Waals surface area (Å²) in [6, 6.07) is 8.27. The Bertz CT molecular complexity index is 423. The Morgan fingerprint density at radius 2 is 1.90 bits per heavy atom. The Morgan fingerprint density at radius 1 is 1.30 bits per heavy atom.